The van der Waals surface area contributed by atoms with Crippen LogP contribution in [0.5, 0.6) is 0 Å². The topological polar surface area (TPSA) is 76.2 Å². The van der Waals surface area contributed by atoms with Crippen molar-refractivity contribution in [1.29, 1.82) is 0 Å². The van der Waals surface area contributed by atoms with E-state index in [0.29, 0.717) is 17.9 Å². The van der Waals surface area contributed by atoms with E-state index in [1.54, 1.807) is 25.3 Å². The van der Waals surface area contributed by atoms with Gasteiger partial charge in [-0.05, 0) is 30.7 Å². The molecular formula is C15H16F3N5. The minimum Gasteiger partial charge on any atom is -0.370 e. The first kappa shape index (κ1) is 16.7. The zero-order valence-corrected chi connectivity index (χ0v) is 12.4. The Bertz CT molecular complexity index is 698. The first-order valence-electron chi connectivity index (χ1n) is 6.83. The van der Waals surface area contributed by atoms with Crippen LogP contribution in [0.25, 0.3) is 0 Å². The summed E-state index contributed by atoms with van der Waals surface area (Å²) in [5.74, 6) is 0.780. The van der Waals surface area contributed by atoms with E-state index in [1.165, 1.54) is 6.07 Å². The molecule has 122 valence electrons. The lowest BCUT2D eigenvalue weighted by molar-refractivity contribution is -0.137. The van der Waals surface area contributed by atoms with Crippen molar-refractivity contribution in [3.8, 4) is 0 Å². The van der Waals surface area contributed by atoms with E-state index in [2.05, 4.69) is 20.3 Å². The summed E-state index contributed by atoms with van der Waals surface area (Å²) in [5, 5.41) is 2.86. The maximum Gasteiger partial charge on any atom is 0.416 e. The first-order chi connectivity index (χ1) is 10.8. The number of nitrogens with two attached hydrogens (primary N) is 1. The number of alkyl halides is 3. The van der Waals surface area contributed by atoms with E-state index in [4.69, 9.17) is 5.73 Å². The van der Waals surface area contributed by atoms with Crippen molar-refractivity contribution in [2.75, 3.05) is 0 Å². The van der Waals surface area contributed by atoms with Crippen molar-refractivity contribution in [1.82, 2.24) is 15.3 Å². The molecule has 0 aliphatic rings. The number of guanidine groups is 1. The summed E-state index contributed by atoms with van der Waals surface area (Å²) in [6.45, 7) is 2.20. The second kappa shape index (κ2) is 7.08. The third-order valence-electron chi connectivity index (χ3n) is 2.97. The third-order valence-corrected chi connectivity index (χ3v) is 2.97. The molecule has 8 heteroatoms. The van der Waals surface area contributed by atoms with Crippen LogP contribution in [0.2, 0.25) is 0 Å². The molecule has 0 aliphatic heterocycles. The van der Waals surface area contributed by atoms with Crippen LogP contribution in [-0.2, 0) is 19.3 Å². The average molecular weight is 323 g/mol. The Kier molecular flexibility index (Phi) is 5.15. The Balaban J connectivity index is 1.94. The standard InChI is InChI=1S/C15H16F3N5/c1-10-20-6-5-13(23-10)9-22-14(19)21-8-11-3-2-4-12(7-11)15(16,17)18/h2-7H,8-9H2,1H3,(H3,19,21,22). The second-order valence-corrected chi connectivity index (χ2v) is 4.85. The lowest BCUT2D eigenvalue weighted by Gasteiger charge is -2.08. The maximum absolute atomic E-state index is 12.6. The SMILES string of the molecule is Cc1nccc(CNC(N)=NCc2cccc(C(F)(F)F)c2)n1. The molecule has 2 rings (SSSR count). The average Bonchev–Trinajstić information content (AvgIpc) is 2.50. The summed E-state index contributed by atoms with van der Waals surface area (Å²) in [5.41, 5.74) is 6.18. The minimum absolute atomic E-state index is 0.0611. The molecule has 0 fully saturated rings. The fourth-order valence-electron chi connectivity index (χ4n) is 1.86. The summed E-state index contributed by atoms with van der Waals surface area (Å²) < 4.78 is 37.9. The molecule has 1 aromatic carbocycles. The molecule has 5 nitrogen and oxygen atoms in total. The smallest absolute Gasteiger partial charge is 0.370 e. The van der Waals surface area contributed by atoms with Crippen LogP contribution in [0.3, 0.4) is 0 Å². The van der Waals surface area contributed by atoms with Gasteiger partial charge in [-0.2, -0.15) is 13.2 Å². The molecule has 0 unspecified atom stereocenters. The number of hydrogen-bond donors (Lipinski definition) is 2. The number of halogens is 3. The van der Waals surface area contributed by atoms with Gasteiger partial charge in [0.15, 0.2) is 5.96 Å². The van der Waals surface area contributed by atoms with Crippen LogP contribution >= 0.6 is 0 Å². The summed E-state index contributed by atoms with van der Waals surface area (Å²) in [6, 6.07) is 6.73. The first-order valence-corrected chi connectivity index (χ1v) is 6.83. The Morgan fingerprint density at radius 1 is 1.30 bits per heavy atom. The van der Waals surface area contributed by atoms with Crippen LogP contribution in [0.15, 0.2) is 41.5 Å². The molecule has 0 saturated heterocycles. The highest BCUT2D eigenvalue weighted by Gasteiger charge is 2.30. The predicted molar refractivity (Wildman–Crippen MR) is 80.4 cm³/mol. The van der Waals surface area contributed by atoms with E-state index in [9.17, 15) is 13.2 Å². The van der Waals surface area contributed by atoms with Gasteiger partial charge in [0.05, 0.1) is 24.3 Å². The van der Waals surface area contributed by atoms with Gasteiger partial charge in [-0.15, -0.1) is 0 Å². The van der Waals surface area contributed by atoms with E-state index < -0.39 is 11.7 Å². The number of benzene rings is 1. The lowest BCUT2D eigenvalue weighted by atomic mass is 10.1. The Hall–Kier alpha value is -2.64. The van der Waals surface area contributed by atoms with E-state index in [0.717, 1.165) is 17.8 Å². The number of nitrogens with one attached hydrogen (secondary N) is 1. The van der Waals surface area contributed by atoms with Gasteiger partial charge in [0, 0.05) is 6.20 Å². The van der Waals surface area contributed by atoms with Crippen LogP contribution in [0.1, 0.15) is 22.6 Å². The lowest BCUT2D eigenvalue weighted by Crippen LogP contribution is -2.31. The number of nitrogens with zero attached hydrogens (tertiary/aromatic N) is 3. The largest absolute Gasteiger partial charge is 0.416 e. The zero-order valence-electron chi connectivity index (χ0n) is 12.4. The van der Waals surface area contributed by atoms with Gasteiger partial charge in [-0.1, -0.05) is 12.1 Å². The fourth-order valence-corrected chi connectivity index (χ4v) is 1.86. The molecule has 1 aromatic heterocycles. The van der Waals surface area contributed by atoms with Crippen LogP contribution < -0.4 is 11.1 Å². The van der Waals surface area contributed by atoms with E-state index >= 15 is 0 Å². The van der Waals surface area contributed by atoms with Crippen molar-refractivity contribution < 1.29 is 13.2 Å². The molecule has 0 spiro atoms. The van der Waals surface area contributed by atoms with Crippen molar-refractivity contribution in [2.24, 2.45) is 10.7 Å². The Morgan fingerprint density at radius 3 is 2.78 bits per heavy atom. The molecule has 0 atom stereocenters. The van der Waals surface area contributed by atoms with Gasteiger partial charge < -0.3 is 11.1 Å². The summed E-state index contributed by atoms with van der Waals surface area (Å²) in [4.78, 5) is 12.2. The molecule has 0 saturated carbocycles. The highest BCUT2D eigenvalue weighted by molar-refractivity contribution is 5.77. The van der Waals surface area contributed by atoms with E-state index in [1.807, 2.05) is 0 Å². The Morgan fingerprint density at radius 2 is 2.09 bits per heavy atom. The molecule has 0 bridgehead atoms. The molecule has 3 N–H and O–H groups in total. The molecule has 0 aliphatic carbocycles. The molecular weight excluding hydrogens is 307 g/mol. The molecule has 2 aromatic rings. The Labute approximate surface area is 131 Å². The van der Waals surface area contributed by atoms with Gasteiger partial charge in [0.25, 0.3) is 0 Å². The van der Waals surface area contributed by atoms with Crippen LogP contribution in [-0.4, -0.2) is 15.9 Å². The quantitative estimate of drug-likeness (QED) is 0.669. The normalized spacial score (nSPS) is 12.3. The van der Waals surface area contributed by atoms with Crippen molar-refractivity contribution >= 4 is 5.96 Å². The number of hydrogen-bond acceptors (Lipinski definition) is 3. The number of aliphatic imine (C=N–C) groups is 1. The molecule has 23 heavy (non-hydrogen) atoms. The summed E-state index contributed by atoms with van der Waals surface area (Å²) in [6.07, 6.45) is -2.73. The fraction of sp³-hybridized carbons (Fsp3) is 0.267. The molecule has 1 heterocycles. The highest BCUT2D eigenvalue weighted by Crippen LogP contribution is 2.29. The van der Waals surface area contributed by atoms with Gasteiger partial charge >= 0.3 is 6.18 Å². The van der Waals surface area contributed by atoms with Crippen LogP contribution in [0.4, 0.5) is 13.2 Å². The van der Waals surface area contributed by atoms with E-state index in [-0.39, 0.29) is 12.5 Å². The van der Waals surface area contributed by atoms with Gasteiger partial charge in [-0.3, -0.25) is 0 Å². The minimum atomic E-state index is -4.37. The van der Waals surface area contributed by atoms with Gasteiger partial charge in [0.2, 0.25) is 0 Å². The maximum atomic E-state index is 12.6. The second-order valence-electron chi connectivity index (χ2n) is 4.85. The van der Waals surface area contributed by atoms with Crippen molar-refractivity contribution in [2.45, 2.75) is 26.2 Å². The predicted octanol–water partition coefficient (Wildman–Crippen LogP) is 2.41. The highest BCUT2D eigenvalue weighted by atomic mass is 19.4. The number of aromatic nitrogens is 2. The molecule has 0 radical (unpaired) electrons. The number of aryl methyl sites for hydroxylation is 1. The monoisotopic (exact) mass is 323 g/mol. The molecule has 0 amide bonds. The number of rotatable bonds is 4. The van der Waals surface area contributed by atoms with Crippen molar-refractivity contribution in [3.05, 3.63) is 59.2 Å². The van der Waals surface area contributed by atoms with Gasteiger partial charge in [-0.25, -0.2) is 15.0 Å². The van der Waals surface area contributed by atoms with Crippen LogP contribution in [0, 0.1) is 6.92 Å². The summed E-state index contributed by atoms with van der Waals surface area (Å²) in [7, 11) is 0. The summed E-state index contributed by atoms with van der Waals surface area (Å²) >= 11 is 0. The third kappa shape index (κ3) is 5.24. The zero-order chi connectivity index (χ0) is 16.9. The van der Waals surface area contributed by atoms with Gasteiger partial charge in [0.1, 0.15) is 5.82 Å². The van der Waals surface area contributed by atoms with Crippen molar-refractivity contribution in [3.63, 3.8) is 0 Å².